The molecule has 0 aromatic heterocycles. The van der Waals surface area contributed by atoms with Crippen molar-refractivity contribution in [2.45, 2.75) is 31.9 Å². The molecule has 0 spiro atoms. The van der Waals surface area contributed by atoms with Crippen LogP contribution in [0.4, 0.5) is 0 Å². The Morgan fingerprint density at radius 1 is 1.43 bits per heavy atom. The van der Waals surface area contributed by atoms with Gasteiger partial charge in [0.25, 0.3) is 0 Å². The first-order chi connectivity index (χ1) is 6.88. The molecule has 0 amide bonds. The van der Waals surface area contributed by atoms with Crippen molar-refractivity contribution in [2.24, 2.45) is 0 Å². The highest BCUT2D eigenvalue weighted by Gasteiger charge is 2.18. The fourth-order valence-corrected chi connectivity index (χ4v) is 1.61. The zero-order valence-electron chi connectivity index (χ0n) is 8.62. The summed E-state index contributed by atoms with van der Waals surface area (Å²) in [5, 5.41) is 3.14. The molecule has 0 aliphatic heterocycles. The standard InChI is InChI=1S/C12H17NO/c1-13-9-10-4-2-7-12(8-10)14-11-5-3-6-11/h2,4,7-8,11,13H,3,5-6,9H2,1H3. The van der Waals surface area contributed by atoms with Gasteiger partial charge in [-0.1, -0.05) is 12.1 Å². The van der Waals surface area contributed by atoms with Crippen molar-refractivity contribution < 1.29 is 4.74 Å². The average Bonchev–Trinajstić information content (AvgIpc) is 2.13. The molecule has 1 N–H and O–H groups in total. The highest BCUT2D eigenvalue weighted by molar-refractivity contribution is 5.28. The molecular weight excluding hydrogens is 174 g/mol. The smallest absolute Gasteiger partial charge is 0.120 e. The summed E-state index contributed by atoms with van der Waals surface area (Å²) >= 11 is 0. The van der Waals surface area contributed by atoms with E-state index in [1.165, 1.54) is 24.8 Å². The van der Waals surface area contributed by atoms with Crippen LogP contribution in [0.5, 0.6) is 5.75 Å². The van der Waals surface area contributed by atoms with Crippen molar-refractivity contribution in [1.82, 2.24) is 5.32 Å². The van der Waals surface area contributed by atoms with Gasteiger partial charge in [-0.05, 0) is 44.0 Å². The second-order valence-electron chi connectivity index (χ2n) is 3.85. The Bertz CT molecular complexity index is 294. The quantitative estimate of drug-likeness (QED) is 0.788. The van der Waals surface area contributed by atoms with Crippen LogP contribution in [-0.4, -0.2) is 13.2 Å². The predicted octanol–water partition coefficient (Wildman–Crippen LogP) is 2.34. The number of hydrogen-bond donors (Lipinski definition) is 1. The molecule has 0 unspecified atom stereocenters. The summed E-state index contributed by atoms with van der Waals surface area (Å²) in [6, 6.07) is 8.33. The molecule has 0 heterocycles. The molecule has 0 atom stereocenters. The zero-order valence-corrected chi connectivity index (χ0v) is 8.62. The van der Waals surface area contributed by atoms with Crippen LogP contribution in [0.2, 0.25) is 0 Å². The lowest BCUT2D eigenvalue weighted by Crippen LogP contribution is -2.24. The highest BCUT2D eigenvalue weighted by Crippen LogP contribution is 2.25. The van der Waals surface area contributed by atoms with Crippen LogP contribution in [0, 0.1) is 0 Å². The monoisotopic (exact) mass is 191 g/mol. The molecule has 1 aromatic rings. The summed E-state index contributed by atoms with van der Waals surface area (Å²) in [5.74, 6) is 1.02. The SMILES string of the molecule is CNCc1cccc(OC2CCC2)c1. The third-order valence-electron chi connectivity index (χ3n) is 2.63. The Kier molecular flexibility index (Phi) is 3.04. The normalized spacial score (nSPS) is 16.4. The van der Waals surface area contributed by atoms with Crippen LogP contribution < -0.4 is 10.1 Å². The molecule has 1 saturated carbocycles. The lowest BCUT2D eigenvalue weighted by molar-refractivity contribution is 0.120. The summed E-state index contributed by atoms with van der Waals surface area (Å²) in [4.78, 5) is 0. The van der Waals surface area contributed by atoms with Gasteiger partial charge in [0.2, 0.25) is 0 Å². The molecule has 1 aliphatic carbocycles. The molecule has 2 heteroatoms. The summed E-state index contributed by atoms with van der Waals surface area (Å²) in [6.07, 6.45) is 4.23. The molecule has 1 aromatic carbocycles. The Morgan fingerprint density at radius 3 is 2.93 bits per heavy atom. The second-order valence-corrected chi connectivity index (χ2v) is 3.85. The van der Waals surface area contributed by atoms with Crippen molar-refractivity contribution in [1.29, 1.82) is 0 Å². The van der Waals surface area contributed by atoms with Crippen LogP contribution in [0.25, 0.3) is 0 Å². The van der Waals surface area contributed by atoms with Gasteiger partial charge in [0, 0.05) is 6.54 Å². The van der Waals surface area contributed by atoms with Crippen LogP contribution in [0.1, 0.15) is 24.8 Å². The van der Waals surface area contributed by atoms with Gasteiger partial charge in [0.05, 0.1) is 6.10 Å². The van der Waals surface area contributed by atoms with E-state index in [1.54, 1.807) is 0 Å². The highest BCUT2D eigenvalue weighted by atomic mass is 16.5. The molecular formula is C12H17NO. The van der Waals surface area contributed by atoms with Crippen LogP contribution in [-0.2, 0) is 6.54 Å². The minimum Gasteiger partial charge on any atom is -0.490 e. The van der Waals surface area contributed by atoms with E-state index in [1.807, 2.05) is 13.1 Å². The second kappa shape index (κ2) is 4.47. The van der Waals surface area contributed by atoms with E-state index in [4.69, 9.17) is 4.74 Å². The van der Waals surface area contributed by atoms with E-state index < -0.39 is 0 Å². The van der Waals surface area contributed by atoms with Gasteiger partial charge in [0.15, 0.2) is 0 Å². The average molecular weight is 191 g/mol. The third kappa shape index (κ3) is 2.26. The topological polar surface area (TPSA) is 21.3 Å². The summed E-state index contributed by atoms with van der Waals surface area (Å²) in [5.41, 5.74) is 1.28. The first-order valence-electron chi connectivity index (χ1n) is 5.28. The van der Waals surface area contributed by atoms with E-state index in [-0.39, 0.29) is 0 Å². The summed E-state index contributed by atoms with van der Waals surface area (Å²) < 4.78 is 5.81. The maximum atomic E-state index is 5.81. The molecule has 2 rings (SSSR count). The third-order valence-corrected chi connectivity index (χ3v) is 2.63. The van der Waals surface area contributed by atoms with Gasteiger partial charge in [-0.25, -0.2) is 0 Å². The molecule has 1 aliphatic rings. The summed E-state index contributed by atoms with van der Waals surface area (Å²) in [6.45, 7) is 0.905. The molecule has 0 bridgehead atoms. The first-order valence-corrected chi connectivity index (χ1v) is 5.28. The number of hydrogen-bond acceptors (Lipinski definition) is 2. The molecule has 14 heavy (non-hydrogen) atoms. The van der Waals surface area contributed by atoms with E-state index in [2.05, 4.69) is 23.5 Å². The lowest BCUT2D eigenvalue weighted by atomic mass is 9.96. The summed E-state index contributed by atoms with van der Waals surface area (Å²) in [7, 11) is 1.96. The number of rotatable bonds is 4. The van der Waals surface area contributed by atoms with Crippen molar-refractivity contribution in [3.8, 4) is 5.75 Å². The Morgan fingerprint density at radius 2 is 2.29 bits per heavy atom. The van der Waals surface area contributed by atoms with Crippen LogP contribution in [0.3, 0.4) is 0 Å². The molecule has 0 saturated heterocycles. The zero-order chi connectivity index (χ0) is 9.80. The van der Waals surface area contributed by atoms with E-state index >= 15 is 0 Å². The molecule has 76 valence electrons. The van der Waals surface area contributed by atoms with Gasteiger partial charge in [0.1, 0.15) is 5.75 Å². The van der Waals surface area contributed by atoms with Crippen molar-refractivity contribution in [3.05, 3.63) is 29.8 Å². The minimum atomic E-state index is 0.472. The number of benzene rings is 1. The first kappa shape index (κ1) is 9.53. The molecule has 1 fully saturated rings. The Labute approximate surface area is 85.3 Å². The Hall–Kier alpha value is -1.02. The minimum absolute atomic E-state index is 0.472. The van der Waals surface area contributed by atoms with Gasteiger partial charge < -0.3 is 10.1 Å². The Balaban J connectivity index is 1.97. The van der Waals surface area contributed by atoms with Crippen molar-refractivity contribution >= 4 is 0 Å². The van der Waals surface area contributed by atoms with Gasteiger partial charge in [-0.2, -0.15) is 0 Å². The van der Waals surface area contributed by atoms with Crippen LogP contribution >= 0.6 is 0 Å². The van der Waals surface area contributed by atoms with E-state index in [9.17, 15) is 0 Å². The predicted molar refractivity (Wildman–Crippen MR) is 57.5 cm³/mol. The lowest BCUT2D eigenvalue weighted by Gasteiger charge is -2.26. The van der Waals surface area contributed by atoms with E-state index in [0.717, 1.165) is 12.3 Å². The van der Waals surface area contributed by atoms with Crippen LogP contribution in [0.15, 0.2) is 24.3 Å². The van der Waals surface area contributed by atoms with Crippen molar-refractivity contribution in [3.63, 3.8) is 0 Å². The number of ether oxygens (including phenoxy) is 1. The fraction of sp³-hybridized carbons (Fsp3) is 0.500. The maximum absolute atomic E-state index is 5.81. The van der Waals surface area contributed by atoms with E-state index in [0.29, 0.717) is 6.10 Å². The number of nitrogens with one attached hydrogen (secondary N) is 1. The van der Waals surface area contributed by atoms with Gasteiger partial charge >= 0.3 is 0 Å². The maximum Gasteiger partial charge on any atom is 0.120 e. The van der Waals surface area contributed by atoms with Crippen molar-refractivity contribution in [2.75, 3.05) is 7.05 Å². The fourth-order valence-electron chi connectivity index (χ4n) is 1.61. The molecule has 0 radical (unpaired) electrons. The van der Waals surface area contributed by atoms with Gasteiger partial charge in [-0.15, -0.1) is 0 Å². The molecule has 2 nitrogen and oxygen atoms in total. The van der Waals surface area contributed by atoms with Gasteiger partial charge in [-0.3, -0.25) is 0 Å². The largest absolute Gasteiger partial charge is 0.490 e.